The molecule has 1 nitrogen and oxygen atoms in total. The highest BCUT2D eigenvalue weighted by atomic mass is 79.9. The number of hydrogen-bond acceptors (Lipinski definition) is 2. The molecule has 3 heteroatoms. The highest BCUT2D eigenvalue weighted by molar-refractivity contribution is 9.10. The lowest BCUT2D eigenvalue weighted by atomic mass is 9.95. The van der Waals surface area contributed by atoms with E-state index in [4.69, 9.17) is 0 Å². The Bertz CT molecular complexity index is 507. The molecule has 0 saturated heterocycles. The van der Waals surface area contributed by atoms with Crippen molar-refractivity contribution in [1.29, 1.82) is 0 Å². The largest absolute Gasteiger partial charge is 0.316 e. The van der Waals surface area contributed by atoms with E-state index in [0.29, 0.717) is 11.8 Å². The molecule has 20 heavy (non-hydrogen) atoms. The predicted molar refractivity (Wildman–Crippen MR) is 92.6 cm³/mol. The molecule has 0 amide bonds. The van der Waals surface area contributed by atoms with Gasteiger partial charge in [-0.1, -0.05) is 44.2 Å². The zero-order valence-corrected chi connectivity index (χ0v) is 14.5. The maximum atomic E-state index is 3.60. The first kappa shape index (κ1) is 15.7. The Hall–Kier alpha value is -0.640. The van der Waals surface area contributed by atoms with Crippen molar-refractivity contribution in [2.45, 2.75) is 26.2 Å². The van der Waals surface area contributed by atoms with E-state index in [2.05, 4.69) is 76.9 Å². The van der Waals surface area contributed by atoms with Crippen LogP contribution in [-0.2, 0) is 6.42 Å². The van der Waals surface area contributed by atoms with Crippen LogP contribution in [0.1, 0.15) is 30.2 Å². The van der Waals surface area contributed by atoms with Crippen molar-refractivity contribution < 1.29 is 0 Å². The van der Waals surface area contributed by atoms with Gasteiger partial charge in [0.15, 0.2) is 0 Å². The van der Waals surface area contributed by atoms with E-state index < -0.39 is 0 Å². The lowest BCUT2D eigenvalue weighted by molar-refractivity contribution is 0.515. The van der Waals surface area contributed by atoms with Crippen LogP contribution >= 0.6 is 27.3 Å². The molecule has 108 valence electrons. The quantitative estimate of drug-likeness (QED) is 0.733. The molecule has 0 aliphatic carbocycles. The molecule has 0 radical (unpaired) electrons. The van der Waals surface area contributed by atoms with Crippen molar-refractivity contribution in [2.75, 3.05) is 13.1 Å². The Balaban J connectivity index is 2.03. The average molecular weight is 352 g/mol. The Kier molecular flexibility index (Phi) is 6.27. The Labute approximate surface area is 134 Å². The normalized spacial score (nSPS) is 12.8. The summed E-state index contributed by atoms with van der Waals surface area (Å²) in [5.74, 6) is 1.24. The van der Waals surface area contributed by atoms with E-state index in [1.54, 1.807) is 0 Å². The summed E-state index contributed by atoms with van der Waals surface area (Å²) in [6.07, 6.45) is 1.10. The average Bonchev–Trinajstić information content (AvgIpc) is 2.84. The molecule has 0 bridgehead atoms. The SMILES string of the molecule is CC(C)CNCC(Cc1cc(Br)cs1)c1ccccc1. The highest BCUT2D eigenvalue weighted by Crippen LogP contribution is 2.26. The van der Waals surface area contributed by atoms with Gasteiger partial charge in [0, 0.05) is 27.2 Å². The molecule has 1 aromatic heterocycles. The summed E-state index contributed by atoms with van der Waals surface area (Å²) in [6.45, 7) is 6.62. The summed E-state index contributed by atoms with van der Waals surface area (Å²) >= 11 is 5.38. The number of thiophene rings is 1. The molecule has 1 aromatic carbocycles. The molecular formula is C17H22BrNS. The van der Waals surface area contributed by atoms with Crippen molar-refractivity contribution in [3.63, 3.8) is 0 Å². The molecular weight excluding hydrogens is 330 g/mol. The van der Waals surface area contributed by atoms with Crippen LogP contribution in [0.5, 0.6) is 0 Å². The van der Waals surface area contributed by atoms with Crippen molar-refractivity contribution >= 4 is 27.3 Å². The van der Waals surface area contributed by atoms with Crippen molar-refractivity contribution in [3.05, 3.63) is 56.7 Å². The maximum absolute atomic E-state index is 3.60. The third-order valence-electron chi connectivity index (χ3n) is 3.28. The van der Waals surface area contributed by atoms with Crippen LogP contribution in [0.15, 0.2) is 46.3 Å². The molecule has 1 heterocycles. The minimum atomic E-state index is 0.542. The van der Waals surface area contributed by atoms with E-state index in [0.717, 1.165) is 19.5 Å². The van der Waals surface area contributed by atoms with Crippen LogP contribution in [0.4, 0.5) is 0 Å². The Morgan fingerprint density at radius 2 is 1.90 bits per heavy atom. The molecule has 0 saturated carbocycles. The van der Waals surface area contributed by atoms with Gasteiger partial charge in [-0.15, -0.1) is 11.3 Å². The van der Waals surface area contributed by atoms with Crippen LogP contribution in [0, 0.1) is 5.92 Å². The first-order valence-corrected chi connectivity index (χ1v) is 8.81. The number of hydrogen-bond donors (Lipinski definition) is 1. The predicted octanol–water partition coefficient (Wildman–Crippen LogP) is 5.08. The summed E-state index contributed by atoms with van der Waals surface area (Å²) in [5, 5.41) is 5.77. The molecule has 2 aromatic rings. The minimum Gasteiger partial charge on any atom is -0.316 e. The number of halogens is 1. The molecule has 0 fully saturated rings. The molecule has 0 aliphatic heterocycles. The summed E-state index contributed by atoms with van der Waals surface area (Å²) in [7, 11) is 0. The van der Waals surface area contributed by atoms with Gasteiger partial charge in [0.2, 0.25) is 0 Å². The third-order valence-corrected chi connectivity index (χ3v) is 5.00. The van der Waals surface area contributed by atoms with Gasteiger partial charge in [0.25, 0.3) is 0 Å². The summed E-state index contributed by atoms with van der Waals surface area (Å²) in [6, 6.07) is 13.1. The molecule has 1 unspecified atom stereocenters. The molecule has 0 spiro atoms. The monoisotopic (exact) mass is 351 g/mol. The van der Waals surface area contributed by atoms with Crippen LogP contribution in [0.3, 0.4) is 0 Å². The number of benzene rings is 1. The second kappa shape index (κ2) is 7.96. The van der Waals surface area contributed by atoms with Crippen LogP contribution in [0.25, 0.3) is 0 Å². The van der Waals surface area contributed by atoms with E-state index in [1.165, 1.54) is 14.9 Å². The fraction of sp³-hybridized carbons (Fsp3) is 0.412. The second-order valence-corrected chi connectivity index (χ2v) is 7.51. The van der Waals surface area contributed by atoms with E-state index in [-0.39, 0.29) is 0 Å². The number of nitrogens with one attached hydrogen (secondary N) is 1. The van der Waals surface area contributed by atoms with Crippen molar-refractivity contribution in [1.82, 2.24) is 5.32 Å². The zero-order valence-electron chi connectivity index (χ0n) is 12.1. The standard InChI is InChI=1S/C17H22BrNS/c1-13(2)10-19-11-15(14-6-4-3-5-7-14)8-17-9-16(18)12-20-17/h3-7,9,12-13,15,19H,8,10-11H2,1-2H3. The molecule has 0 aliphatic rings. The van der Waals surface area contributed by atoms with Gasteiger partial charge in [0.05, 0.1) is 0 Å². The lowest BCUT2D eigenvalue weighted by Gasteiger charge is -2.18. The smallest absolute Gasteiger partial charge is 0.0285 e. The number of rotatable bonds is 7. The zero-order chi connectivity index (χ0) is 14.4. The van der Waals surface area contributed by atoms with Gasteiger partial charge in [0.1, 0.15) is 0 Å². The van der Waals surface area contributed by atoms with E-state index in [9.17, 15) is 0 Å². The summed E-state index contributed by atoms with van der Waals surface area (Å²) < 4.78 is 1.19. The first-order valence-electron chi connectivity index (χ1n) is 7.13. The maximum Gasteiger partial charge on any atom is 0.0285 e. The van der Waals surface area contributed by atoms with Gasteiger partial charge in [-0.25, -0.2) is 0 Å². The summed E-state index contributed by atoms with van der Waals surface area (Å²) in [4.78, 5) is 1.44. The topological polar surface area (TPSA) is 12.0 Å². The second-order valence-electron chi connectivity index (χ2n) is 5.60. The fourth-order valence-corrected chi connectivity index (χ4v) is 3.82. The fourth-order valence-electron chi connectivity index (χ4n) is 2.28. The highest BCUT2D eigenvalue weighted by Gasteiger charge is 2.13. The van der Waals surface area contributed by atoms with Crippen molar-refractivity contribution in [2.24, 2.45) is 5.92 Å². The van der Waals surface area contributed by atoms with Crippen LogP contribution in [0.2, 0.25) is 0 Å². The van der Waals surface area contributed by atoms with E-state index >= 15 is 0 Å². The lowest BCUT2D eigenvalue weighted by Crippen LogP contribution is -2.26. The first-order chi connectivity index (χ1) is 9.65. The van der Waals surface area contributed by atoms with E-state index in [1.807, 2.05) is 11.3 Å². The van der Waals surface area contributed by atoms with Gasteiger partial charge < -0.3 is 5.32 Å². The molecule has 1 N–H and O–H groups in total. The molecule has 2 rings (SSSR count). The Morgan fingerprint density at radius 1 is 1.15 bits per heavy atom. The third kappa shape index (κ3) is 5.04. The minimum absolute atomic E-state index is 0.542. The van der Waals surface area contributed by atoms with Gasteiger partial charge in [-0.05, 0) is 46.4 Å². The molecule has 1 atom stereocenters. The van der Waals surface area contributed by atoms with Gasteiger partial charge in [-0.3, -0.25) is 0 Å². The summed E-state index contributed by atoms with van der Waals surface area (Å²) in [5.41, 5.74) is 1.42. The van der Waals surface area contributed by atoms with Crippen molar-refractivity contribution in [3.8, 4) is 0 Å². The van der Waals surface area contributed by atoms with Crippen LogP contribution < -0.4 is 5.32 Å². The van der Waals surface area contributed by atoms with Gasteiger partial charge >= 0.3 is 0 Å². The van der Waals surface area contributed by atoms with Gasteiger partial charge in [-0.2, -0.15) is 0 Å². The Morgan fingerprint density at radius 3 is 2.50 bits per heavy atom. The van der Waals surface area contributed by atoms with Crippen LogP contribution in [-0.4, -0.2) is 13.1 Å².